The minimum absolute atomic E-state index is 0.270. The van der Waals surface area contributed by atoms with Gasteiger partial charge in [0.2, 0.25) is 0 Å². The van der Waals surface area contributed by atoms with E-state index in [-0.39, 0.29) is 5.97 Å². The molecule has 5 nitrogen and oxygen atoms in total. The third kappa shape index (κ3) is 3.33. The van der Waals surface area contributed by atoms with E-state index in [4.69, 9.17) is 14.7 Å². The standard InChI is InChI=1S/C18H21N3O2/c1-11(2)10-15-18-17(13-6-4-5-7-14(13)19-15)20-16(21-18)8-9-23-12(3)22/h4-7,11H,8-10H2,1-3H3,(H,20,21). The SMILES string of the molecule is CC(=O)OCCc1nc2c([nH]1)c(CC(C)C)nc1ccccc12. The normalized spacial score (nSPS) is 11.5. The van der Waals surface area contributed by atoms with Gasteiger partial charge in [0, 0.05) is 18.7 Å². The molecule has 0 aliphatic heterocycles. The van der Waals surface area contributed by atoms with E-state index in [1.807, 2.05) is 24.3 Å². The lowest BCUT2D eigenvalue weighted by Crippen LogP contribution is -2.04. The largest absolute Gasteiger partial charge is 0.465 e. The van der Waals surface area contributed by atoms with Gasteiger partial charge in [0.25, 0.3) is 0 Å². The molecule has 3 rings (SSSR count). The highest BCUT2D eigenvalue weighted by Gasteiger charge is 2.14. The predicted molar refractivity (Wildman–Crippen MR) is 90.3 cm³/mol. The Bertz CT molecular complexity index is 852. The van der Waals surface area contributed by atoms with Gasteiger partial charge in [0.05, 0.1) is 28.9 Å². The second kappa shape index (κ2) is 6.36. The maximum absolute atomic E-state index is 10.9. The maximum Gasteiger partial charge on any atom is 0.302 e. The number of hydrogen-bond acceptors (Lipinski definition) is 4. The van der Waals surface area contributed by atoms with Crippen molar-refractivity contribution in [3.63, 3.8) is 0 Å². The Morgan fingerprint density at radius 1 is 1.26 bits per heavy atom. The molecular weight excluding hydrogens is 290 g/mol. The number of esters is 1. The highest BCUT2D eigenvalue weighted by Crippen LogP contribution is 2.26. The van der Waals surface area contributed by atoms with Crippen LogP contribution in [0.2, 0.25) is 0 Å². The molecule has 2 heterocycles. The fraction of sp³-hybridized carbons (Fsp3) is 0.389. The highest BCUT2D eigenvalue weighted by molar-refractivity contribution is 6.03. The fourth-order valence-electron chi connectivity index (χ4n) is 2.74. The first-order valence-corrected chi connectivity index (χ1v) is 7.94. The van der Waals surface area contributed by atoms with Gasteiger partial charge >= 0.3 is 5.97 Å². The highest BCUT2D eigenvalue weighted by atomic mass is 16.5. The van der Waals surface area contributed by atoms with Crippen LogP contribution in [0.5, 0.6) is 0 Å². The van der Waals surface area contributed by atoms with Gasteiger partial charge in [0.1, 0.15) is 5.82 Å². The summed E-state index contributed by atoms with van der Waals surface area (Å²) in [7, 11) is 0. The van der Waals surface area contributed by atoms with Crippen LogP contribution < -0.4 is 0 Å². The summed E-state index contributed by atoms with van der Waals surface area (Å²) in [5, 5.41) is 1.05. The number of carbonyl (C=O) groups excluding carboxylic acids is 1. The Balaban J connectivity index is 2.06. The number of nitrogens with zero attached hydrogens (tertiary/aromatic N) is 2. The first kappa shape index (κ1) is 15.5. The number of aromatic nitrogens is 3. The Morgan fingerprint density at radius 3 is 2.78 bits per heavy atom. The van der Waals surface area contributed by atoms with E-state index in [9.17, 15) is 4.79 Å². The van der Waals surface area contributed by atoms with Crippen molar-refractivity contribution in [3.05, 3.63) is 35.8 Å². The molecule has 0 radical (unpaired) electrons. The molecule has 0 aliphatic rings. The molecule has 0 amide bonds. The van der Waals surface area contributed by atoms with Gasteiger partial charge < -0.3 is 9.72 Å². The Morgan fingerprint density at radius 2 is 2.04 bits per heavy atom. The first-order chi connectivity index (χ1) is 11.0. The van der Waals surface area contributed by atoms with E-state index in [0.29, 0.717) is 18.9 Å². The van der Waals surface area contributed by atoms with Crippen LogP contribution in [0, 0.1) is 5.92 Å². The number of para-hydroxylation sites is 1. The summed E-state index contributed by atoms with van der Waals surface area (Å²) in [5.41, 5.74) is 3.95. The molecule has 120 valence electrons. The van der Waals surface area contributed by atoms with Gasteiger partial charge in [-0.3, -0.25) is 9.78 Å². The molecule has 0 fully saturated rings. The number of H-pyrrole nitrogens is 1. The molecule has 0 saturated heterocycles. The summed E-state index contributed by atoms with van der Waals surface area (Å²) >= 11 is 0. The molecule has 1 N–H and O–H groups in total. The van der Waals surface area contributed by atoms with Crippen molar-refractivity contribution in [2.45, 2.75) is 33.6 Å². The molecule has 0 saturated carbocycles. The molecule has 5 heteroatoms. The molecule has 1 aromatic carbocycles. The molecule has 23 heavy (non-hydrogen) atoms. The molecular formula is C18H21N3O2. The lowest BCUT2D eigenvalue weighted by Gasteiger charge is -2.07. The van der Waals surface area contributed by atoms with Gasteiger partial charge in [-0.05, 0) is 18.4 Å². The van der Waals surface area contributed by atoms with Crippen LogP contribution in [-0.4, -0.2) is 27.5 Å². The van der Waals surface area contributed by atoms with Crippen LogP contribution in [0.15, 0.2) is 24.3 Å². The van der Waals surface area contributed by atoms with Crippen molar-refractivity contribution in [3.8, 4) is 0 Å². The topological polar surface area (TPSA) is 67.9 Å². The van der Waals surface area contributed by atoms with E-state index in [0.717, 1.165) is 39.9 Å². The Labute approximate surface area is 135 Å². The molecule has 3 aromatic rings. The second-order valence-corrected chi connectivity index (χ2v) is 6.17. The summed E-state index contributed by atoms with van der Waals surface area (Å²) in [5.74, 6) is 1.07. The summed E-state index contributed by atoms with van der Waals surface area (Å²) in [4.78, 5) is 23.8. The van der Waals surface area contributed by atoms with Crippen LogP contribution in [0.1, 0.15) is 32.3 Å². The van der Waals surface area contributed by atoms with E-state index in [1.54, 1.807) is 0 Å². The van der Waals surface area contributed by atoms with Crippen LogP contribution in [0.3, 0.4) is 0 Å². The molecule has 0 aliphatic carbocycles. The van der Waals surface area contributed by atoms with Crippen molar-refractivity contribution in [2.24, 2.45) is 5.92 Å². The van der Waals surface area contributed by atoms with E-state index < -0.39 is 0 Å². The number of pyridine rings is 1. The monoisotopic (exact) mass is 311 g/mol. The zero-order chi connectivity index (χ0) is 16.4. The van der Waals surface area contributed by atoms with E-state index >= 15 is 0 Å². The average Bonchev–Trinajstić information content (AvgIpc) is 2.91. The summed E-state index contributed by atoms with van der Waals surface area (Å²) in [6, 6.07) is 8.06. The quantitative estimate of drug-likeness (QED) is 0.733. The number of hydrogen-bond donors (Lipinski definition) is 1. The van der Waals surface area contributed by atoms with Crippen LogP contribution in [-0.2, 0) is 22.4 Å². The second-order valence-electron chi connectivity index (χ2n) is 6.17. The van der Waals surface area contributed by atoms with Crippen LogP contribution >= 0.6 is 0 Å². The van der Waals surface area contributed by atoms with Gasteiger partial charge in [-0.25, -0.2) is 4.98 Å². The molecule has 0 spiro atoms. The minimum Gasteiger partial charge on any atom is -0.465 e. The van der Waals surface area contributed by atoms with Crippen LogP contribution in [0.4, 0.5) is 0 Å². The Hall–Kier alpha value is -2.43. The van der Waals surface area contributed by atoms with Gasteiger partial charge in [0.15, 0.2) is 0 Å². The molecule has 0 unspecified atom stereocenters. The van der Waals surface area contributed by atoms with Gasteiger partial charge in [-0.2, -0.15) is 0 Å². The first-order valence-electron chi connectivity index (χ1n) is 7.94. The summed E-state index contributed by atoms with van der Waals surface area (Å²) in [6.07, 6.45) is 1.47. The Kier molecular flexibility index (Phi) is 4.28. The third-order valence-corrected chi connectivity index (χ3v) is 3.70. The number of benzene rings is 1. The van der Waals surface area contributed by atoms with Crippen molar-refractivity contribution in [2.75, 3.05) is 6.61 Å². The zero-order valence-corrected chi connectivity index (χ0v) is 13.7. The lowest BCUT2D eigenvalue weighted by molar-refractivity contribution is -0.140. The third-order valence-electron chi connectivity index (χ3n) is 3.70. The average molecular weight is 311 g/mol. The van der Waals surface area contributed by atoms with Crippen molar-refractivity contribution in [1.82, 2.24) is 15.0 Å². The number of ether oxygens (including phenoxy) is 1. The van der Waals surface area contributed by atoms with Gasteiger partial charge in [-0.1, -0.05) is 32.0 Å². The fourth-order valence-corrected chi connectivity index (χ4v) is 2.74. The molecule has 0 bridgehead atoms. The zero-order valence-electron chi connectivity index (χ0n) is 13.7. The molecule has 0 atom stereocenters. The van der Waals surface area contributed by atoms with Gasteiger partial charge in [-0.15, -0.1) is 0 Å². The number of aromatic amines is 1. The number of nitrogens with one attached hydrogen (secondary N) is 1. The summed E-state index contributed by atoms with van der Waals surface area (Å²) in [6.45, 7) is 6.11. The number of carbonyl (C=O) groups is 1. The number of fused-ring (bicyclic) bond motifs is 3. The summed E-state index contributed by atoms with van der Waals surface area (Å²) < 4.78 is 5.01. The predicted octanol–water partition coefficient (Wildman–Crippen LogP) is 3.42. The smallest absolute Gasteiger partial charge is 0.302 e. The maximum atomic E-state index is 10.9. The van der Waals surface area contributed by atoms with E-state index in [1.165, 1.54) is 6.92 Å². The van der Waals surface area contributed by atoms with E-state index in [2.05, 4.69) is 18.8 Å². The number of imidazole rings is 1. The van der Waals surface area contributed by atoms with Crippen molar-refractivity contribution in [1.29, 1.82) is 0 Å². The minimum atomic E-state index is -0.270. The lowest BCUT2D eigenvalue weighted by atomic mass is 10.0. The van der Waals surface area contributed by atoms with Crippen molar-refractivity contribution >= 4 is 27.9 Å². The van der Waals surface area contributed by atoms with Crippen LogP contribution in [0.25, 0.3) is 21.9 Å². The molecule has 2 aromatic heterocycles. The number of rotatable bonds is 5. The van der Waals surface area contributed by atoms with Crippen molar-refractivity contribution < 1.29 is 9.53 Å².